The molecule has 0 spiro atoms. The van der Waals surface area contributed by atoms with Crippen molar-refractivity contribution in [2.75, 3.05) is 0 Å². The molecule has 0 aliphatic rings. The maximum atomic E-state index is 10.9. The molecule has 2 rings (SSSR count). The van der Waals surface area contributed by atoms with Crippen molar-refractivity contribution in [2.45, 2.75) is 38.7 Å². The van der Waals surface area contributed by atoms with E-state index in [2.05, 4.69) is 30.5 Å². The third kappa shape index (κ3) is 5.92. The fraction of sp³-hybridized carbons (Fsp3) is 0.316. The van der Waals surface area contributed by atoms with Crippen molar-refractivity contribution >= 4 is 29.4 Å². The van der Waals surface area contributed by atoms with Crippen molar-refractivity contribution in [1.29, 1.82) is 0 Å². The van der Waals surface area contributed by atoms with E-state index < -0.39 is 6.10 Å². The number of amides is 1. The van der Waals surface area contributed by atoms with Crippen LogP contribution in [0, 0.1) is 6.92 Å². The van der Waals surface area contributed by atoms with E-state index in [1.54, 1.807) is 16.8 Å². The fourth-order valence-electron chi connectivity index (χ4n) is 2.39. The monoisotopic (exact) mass is 345 g/mol. The number of unbranched alkanes of at least 4 members (excludes halogenated alkanes) is 1. The molecule has 0 fully saturated rings. The van der Waals surface area contributed by atoms with Gasteiger partial charge in [0.05, 0.1) is 6.10 Å². The summed E-state index contributed by atoms with van der Waals surface area (Å²) in [6.45, 7) is 2.08. The number of hydrogen-bond donors (Lipinski definition) is 3. The first-order valence-electron chi connectivity index (χ1n) is 8.02. The molecular weight excluding hydrogens is 322 g/mol. The van der Waals surface area contributed by atoms with E-state index in [1.807, 2.05) is 24.3 Å². The van der Waals surface area contributed by atoms with Crippen LogP contribution < -0.4 is 5.48 Å². The van der Waals surface area contributed by atoms with Crippen LogP contribution in [0.2, 0.25) is 0 Å². The highest BCUT2D eigenvalue weighted by molar-refractivity contribution is 7.11. The van der Waals surface area contributed by atoms with Gasteiger partial charge in [0, 0.05) is 11.3 Å². The summed E-state index contributed by atoms with van der Waals surface area (Å²) in [4.78, 5) is 12.1. The predicted molar refractivity (Wildman–Crippen MR) is 97.8 cm³/mol. The fourth-order valence-corrected chi connectivity index (χ4v) is 3.18. The molecule has 1 aromatic carbocycles. The van der Waals surface area contributed by atoms with E-state index in [0.29, 0.717) is 12.8 Å². The lowest BCUT2D eigenvalue weighted by atomic mass is 10.0. The summed E-state index contributed by atoms with van der Waals surface area (Å²) < 4.78 is 0. The summed E-state index contributed by atoms with van der Waals surface area (Å²) in [6, 6.07) is 10.0. The van der Waals surface area contributed by atoms with Crippen molar-refractivity contribution in [3.63, 3.8) is 0 Å². The second-order valence-corrected chi connectivity index (χ2v) is 6.77. The summed E-state index contributed by atoms with van der Waals surface area (Å²) in [6.07, 6.45) is 5.88. The van der Waals surface area contributed by atoms with E-state index in [0.717, 1.165) is 17.5 Å². The largest absolute Gasteiger partial charge is 0.388 e. The summed E-state index contributed by atoms with van der Waals surface area (Å²) in [5.41, 5.74) is 4.86. The molecule has 0 aliphatic carbocycles. The number of aryl methyl sites for hydroxylation is 1. The molecule has 2 aromatic rings. The molecule has 1 aromatic heterocycles. The van der Waals surface area contributed by atoms with Gasteiger partial charge in [0.15, 0.2) is 0 Å². The molecule has 128 valence electrons. The van der Waals surface area contributed by atoms with Gasteiger partial charge in [0.2, 0.25) is 5.91 Å². The first-order valence-corrected chi connectivity index (χ1v) is 8.90. The first kappa shape index (κ1) is 18.4. The van der Waals surface area contributed by atoms with Crippen LogP contribution in [0.5, 0.6) is 0 Å². The summed E-state index contributed by atoms with van der Waals surface area (Å²) in [5.74, 6) is -0.387. The van der Waals surface area contributed by atoms with Crippen molar-refractivity contribution in [2.24, 2.45) is 0 Å². The van der Waals surface area contributed by atoms with Gasteiger partial charge in [-0.3, -0.25) is 10.0 Å². The molecule has 24 heavy (non-hydrogen) atoms. The molecule has 1 heterocycles. The van der Waals surface area contributed by atoms with Gasteiger partial charge < -0.3 is 5.11 Å². The van der Waals surface area contributed by atoms with Crippen molar-refractivity contribution in [3.05, 3.63) is 57.3 Å². The quantitative estimate of drug-likeness (QED) is 0.379. The minimum atomic E-state index is -0.528. The number of nitrogens with one attached hydrogen (secondary N) is 1. The van der Waals surface area contributed by atoms with Crippen LogP contribution in [0.1, 0.15) is 53.4 Å². The SMILES string of the molecule is Cc1csc(C=Cc2ccc(C(O)CCCCC(=O)NO)cc2)c1. The first-order chi connectivity index (χ1) is 11.6. The van der Waals surface area contributed by atoms with E-state index in [1.165, 1.54) is 10.4 Å². The van der Waals surface area contributed by atoms with Gasteiger partial charge in [-0.2, -0.15) is 0 Å². The maximum Gasteiger partial charge on any atom is 0.243 e. The van der Waals surface area contributed by atoms with E-state index in [9.17, 15) is 9.90 Å². The summed E-state index contributed by atoms with van der Waals surface area (Å²) in [5, 5.41) is 20.7. The Balaban J connectivity index is 1.82. The van der Waals surface area contributed by atoms with Crippen LogP contribution in [0.3, 0.4) is 0 Å². The third-order valence-corrected chi connectivity index (χ3v) is 4.78. The average Bonchev–Trinajstić information content (AvgIpc) is 3.02. The Labute approximate surface area is 146 Å². The number of hydroxylamine groups is 1. The third-order valence-electron chi connectivity index (χ3n) is 3.77. The Morgan fingerprint density at radius 3 is 2.62 bits per heavy atom. The normalized spacial score (nSPS) is 12.5. The Kier molecular flexibility index (Phi) is 7.18. The van der Waals surface area contributed by atoms with Gasteiger partial charge in [-0.25, -0.2) is 5.48 Å². The number of benzene rings is 1. The van der Waals surface area contributed by atoms with Gasteiger partial charge in [-0.15, -0.1) is 11.3 Å². The number of aliphatic hydroxyl groups excluding tert-OH is 1. The van der Waals surface area contributed by atoms with Crippen LogP contribution >= 0.6 is 11.3 Å². The topological polar surface area (TPSA) is 69.6 Å². The lowest BCUT2D eigenvalue weighted by Crippen LogP contribution is -2.17. The smallest absolute Gasteiger partial charge is 0.243 e. The Hall–Kier alpha value is -1.95. The van der Waals surface area contributed by atoms with Gasteiger partial charge >= 0.3 is 0 Å². The molecular formula is C19H23NO3S. The van der Waals surface area contributed by atoms with E-state index in [-0.39, 0.29) is 12.3 Å². The second kappa shape index (κ2) is 9.37. The van der Waals surface area contributed by atoms with Crippen LogP contribution in [-0.2, 0) is 4.79 Å². The summed E-state index contributed by atoms with van der Waals surface area (Å²) in [7, 11) is 0. The number of hydrogen-bond acceptors (Lipinski definition) is 4. The molecule has 0 radical (unpaired) electrons. The molecule has 5 heteroatoms. The zero-order valence-electron chi connectivity index (χ0n) is 13.7. The minimum absolute atomic E-state index is 0.273. The van der Waals surface area contributed by atoms with Crippen molar-refractivity contribution < 1.29 is 15.1 Å². The molecule has 0 aliphatic heterocycles. The highest BCUT2D eigenvalue weighted by Crippen LogP contribution is 2.21. The molecule has 0 saturated carbocycles. The van der Waals surface area contributed by atoms with E-state index in [4.69, 9.17) is 5.21 Å². The van der Waals surface area contributed by atoms with Crippen molar-refractivity contribution in [3.8, 4) is 0 Å². The number of aliphatic hydroxyl groups is 1. The minimum Gasteiger partial charge on any atom is -0.388 e. The molecule has 0 bridgehead atoms. The molecule has 1 atom stereocenters. The summed E-state index contributed by atoms with van der Waals surface area (Å²) >= 11 is 1.72. The van der Waals surface area contributed by atoms with Gasteiger partial charge in [-0.1, -0.05) is 36.8 Å². The number of rotatable bonds is 8. The molecule has 1 amide bonds. The Bertz CT molecular complexity index is 676. The Morgan fingerprint density at radius 1 is 1.25 bits per heavy atom. The van der Waals surface area contributed by atoms with Crippen LogP contribution in [0.4, 0.5) is 0 Å². The number of thiophene rings is 1. The zero-order chi connectivity index (χ0) is 17.4. The number of carbonyl (C=O) groups is 1. The second-order valence-electron chi connectivity index (χ2n) is 5.82. The standard InChI is InChI=1S/C19H23NO3S/c1-14-12-17(24-13-14)11-8-15-6-9-16(10-7-15)18(21)4-2-3-5-19(22)20-23/h6-13,18,21,23H,2-5H2,1H3,(H,20,22). The molecule has 0 saturated heterocycles. The maximum absolute atomic E-state index is 10.9. The lowest BCUT2D eigenvalue weighted by molar-refractivity contribution is -0.129. The highest BCUT2D eigenvalue weighted by Gasteiger charge is 2.07. The van der Waals surface area contributed by atoms with Crippen LogP contribution in [-0.4, -0.2) is 16.2 Å². The van der Waals surface area contributed by atoms with E-state index >= 15 is 0 Å². The lowest BCUT2D eigenvalue weighted by Gasteiger charge is -2.11. The predicted octanol–water partition coefficient (Wildman–Crippen LogP) is 4.33. The highest BCUT2D eigenvalue weighted by atomic mass is 32.1. The van der Waals surface area contributed by atoms with Gasteiger partial charge in [0.25, 0.3) is 0 Å². The van der Waals surface area contributed by atoms with Crippen LogP contribution in [0.25, 0.3) is 12.2 Å². The Morgan fingerprint density at radius 2 is 2.00 bits per heavy atom. The van der Waals surface area contributed by atoms with Gasteiger partial charge in [0.1, 0.15) is 0 Å². The number of carbonyl (C=O) groups excluding carboxylic acids is 1. The van der Waals surface area contributed by atoms with Gasteiger partial charge in [-0.05, 0) is 54.0 Å². The zero-order valence-corrected chi connectivity index (χ0v) is 14.6. The van der Waals surface area contributed by atoms with Crippen molar-refractivity contribution in [1.82, 2.24) is 5.48 Å². The van der Waals surface area contributed by atoms with Crippen LogP contribution in [0.15, 0.2) is 35.7 Å². The average molecular weight is 345 g/mol. The molecule has 1 unspecified atom stereocenters. The molecule has 3 N–H and O–H groups in total. The molecule has 4 nitrogen and oxygen atoms in total.